The molecule has 3 aliphatic rings. The fourth-order valence-electron chi connectivity index (χ4n) is 3.05. The van der Waals surface area contributed by atoms with Gasteiger partial charge in [-0.15, -0.1) is 12.6 Å². The summed E-state index contributed by atoms with van der Waals surface area (Å²) in [6.07, 6.45) is 4.58. The molecule has 3 rings (SSSR count). The molecule has 1 aliphatic heterocycles. The first-order valence-corrected chi connectivity index (χ1v) is 12.8. The van der Waals surface area contributed by atoms with Gasteiger partial charge in [-0.25, -0.2) is 4.39 Å². The normalized spacial score (nSPS) is 22.2. The minimum absolute atomic E-state index is 0. The Morgan fingerprint density at radius 3 is 1.74 bits per heavy atom. The molecule has 0 aromatic carbocycles. The molecule has 1 heterocycles. The van der Waals surface area contributed by atoms with Gasteiger partial charge in [-0.3, -0.25) is 14.4 Å². The van der Waals surface area contributed by atoms with E-state index in [1.54, 1.807) is 0 Å². The van der Waals surface area contributed by atoms with Crippen LogP contribution in [0.3, 0.4) is 0 Å². The number of carboxylic acid groups (broad SMARTS) is 3. The van der Waals surface area contributed by atoms with Crippen LogP contribution in [0.1, 0.15) is 65.2 Å². The first kappa shape index (κ1) is 35.2. The van der Waals surface area contributed by atoms with Gasteiger partial charge < -0.3 is 20.1 Å². The summed E-state index contributed by atoms with van der Waals surface area (Å²) in [5, 5.41) is 26.7. The van der Waals surface area contributed by atoms with Crippen molar-refractivity contribution in [2.75, 3.05) is 11.5 Å². The fourth-order valence-corrected chi connectivity index (χ4v) is 4.29. The maximum Gasteiger partial charge on any atom is 1.00 e. The molecular formula is C23H36FLiO7S2. The van der Waals surface area contributed by atoms with E-state index in [-0.39, 0.29) is 54.6 Å². The quantitative estimate of drug-likeness (QED) is 0.267. The largest absolute Gasteiger partial charge is 1.00 e. The van der Waals surface area contributed by atoms with Crippen LogP contribution in [-0.2, 0) is 19.2 Å². The van der Waals surface area contributed by atoms with Crippen LogP contribution in [-0.4, -0.2) is 50.9 Å². The standard InChI is InChI=1S/C6H10O2S.C6H8O2.C6H12OS.C5H7FO2.Li/c7-6(8)5-1-3-9-4-2-5;1-4-2-5(3-4)6(7)8;1-3-4-5(2)6(7)8;6-4-1-3(2-4)5(7)8;/h5H,1-4H2,(H,7,8);5H,1-3H2,(H,7,8);5H,3-4H2,1-2H3,(H,7,8);3-4H,1-2H2,(H,7,8);/q;;;;+1/p-1. The van der Waals surface area contributed by atoms with Crippen molar-refractivity contribution in [2.24, 2.45) is 23.7 Å². The molecule has 190 valence electrons. The molecule has 1 atom stereocenters. The second-order valence-corrected chi connectivity index (χ2v) is 10.2. The van der Waals surface area contributed by atoms with E-state index in [1.807, 2.05) is 18.7 Å². The molecule has 0 bridgehead atoms. The Morgan fingerprint density at radius 1 is 1.09 bits per heavy atom. The molecule has 0 aromatic rings. The number of halogens is 1. The van der Waals surface area contributed by atoms with Crippen LogP contribution in [0.4, 0.5) is 4.39 Å². The second-order valence-electron chi connectivity index (χ2n) is 8.53. The van der Waals surface area contributed by atoms with Gasteiger partial charge in [0.1, 0.15) is 6.17 Å². The summed E-state index contributed by atoms with van der Waals surface area (Å²) < 4.78 is 11.9. The topological polar surface area (TPSA) is 132 Å². The molecule has 0 amide bonds. The summed E-state index contributed by atoms with van der Waals surface area (Å²) in [6, 6.07) is 0. The van der Waals surface area contributed by atoms with Crippen molar-refractivity contribution in [2.45, 2.75) is 71.4 Å². The van der Waals surface area contributed by atoms with Crippen LogP contribution in [0.5, 0.6) is 0 Å². The second kappa shape index (κ2) is 19.3. The molecule has 34 heavy (non-hydrogen) atoms. The summed E-state index contributed by atoms with van der Waals surface area (Å²) in [4.78, 5) is 40.7. The molecule has 0 spiro atoms. The number of carbonyl (C=O) groups is 4. The molecule has 3 fully saturated rings. The number of carboxylic acids is 3. The van der Waals surface area contributed by atoms with Gasteiger partial charge in [0.25, 0.3) is 0 Å². The Bertz CT molecular complexity index is 643. The maximum atomic E-state index is 11.9. The molecule has 0 aromatic heterocycles. The van der Waals surface area contributed by atoms with Crippen molar-refractivity contribution in [3.8, 4) is 0 Å². The number of rotatable bonds is 6. The number of hydrogen-bond donors (Lipinski definition) is 3. The molecule has 7 nitrogen and oxygen atoms in total. The average molecular weight is 515 g/mol. The Hall–Kier alpha value is -0.953. The number of hydrogen-bond acceptors (Lipinski definition) is 6. The van der Waals surface area contributed by atoms with E-state index in [1.165, 1.54) is 0 Å². The zero-order valence-corrected chi connectivity index (χ0v) is 22.0. The third kappa shape index (κ3) is 15.9. The molecule has 1 unspecified atom stereocenters. The van der Waals surface area contributed by atoms with E-state index in [0.29, 0.717) is 12.8 Å². The third-order valence-corrected chi connectivity index (χ3v) is 7.04. The number of alkyl halides is 1. The van der Waals surface area contributed by atoms with Crippen LogP contribution >= 0.6 is 24.4 Å². The van der Waals surface area contributed by atoms with Crippen LogP contribution in [0, 0.1) is 23.7 Å². The summed E-state index contributed by atoms with van der Waals surface area (Å²) >= 11 is 5.51. The van der Waals surface area contributed by atoms with Crippen molar-refractivity contribution in [3.05, 3.63) is 12.2 Å². The first-order chi connectivity index (χ1) is 15.4. The summed E-state index contributed by atoms with van der Waals surface area (Å²) in [5.41, 5.74) is 1.07. The molecule has 2 aliphatic carbocycles. The van der Waals surface area contributed by atoms with Gasteiger partial charge >= 0.3 is 30.8 Å². The van der Waals surface area contributed by atoms with Crippen molar-refractivity contribution >= 4 is 47.4 Å². The Balaban J connectivity index is 0. The Labute approximate surface area is 223 Å². The predicted molar refractivity (Wildman–Crippen MR) is 128 cm³/mol. The van der Waals surface area contributed by atoms with E-state index in [4.69, 9.17) is 10.2 Å². The van der Waals surface area contributed by atoms with E-state index in [2.05, 4.69) is 26.1 Å². The van der Waals surface area contributed by atoms with Gasteiger partial charge in [-0.2, -0.15) is 11.8 Å². The molecule has 2 N–H and O–H groups in total. The predicted octanol–water partition coefficient (Wildman–Crippen LogP) is 0.619. The summed E-state index contributed by atoms with van der Waals surface area (Å²) in [6.45, 7) is 7.59. The third-order valence-electron chi connectivity index (χ3n) is 5.55. The van der Waals surface area contributed by atoms with E-state index < -0.39 is 30.0 Å². The Morgan fingerprint density at radius 2 is 1.56 bits per heavy atom. The minimum atomic E-state index is -0.865. The average Bonchev–Trinajstić information content (AvgIpc) is 2.71. The molecule has 0 radical (unpaired) electrons. The molecular weight excluding hydrogens is 478 g/mol. The monoisotopic (exact) mass is 514 g/mol. The number of allylic oxidation sites excluding steroid dienone is 1. The molecule has 2 saturated carbocycles. The van der Waals surface area contributed by atoms with Gasteiger partial charge in [0.05, 0.1) is 11.8 Å². The fraction of sp³-hybridized carbons (Fsp3) is 0.739. The minimum Gasteiger partial charge on any atom is -0.550 e. The van der Waals surface area contributed by atoms with Gasteiger partial charge in [-0.05, 0) is 56.5 Å². The van der Waals surface area contributed by atoms with E-state index >= 15 is 0 Å². The summed E-state index contributed by atoms with van der Waals surface area (Å²) in [5.74, 6) is -0.981. The first-order valence-electron chi connectivity index (χ1n) is 11.2. The zero-order valence-electron chi connectivity index (χ0n) is 20.3. The zero-order chi connectivity index (χ0) is 25.6. The number of aliphatic carboxylic acids is 3. The van der Waals surface area contributed by atoms with Crippen LogP contribution < -0.4 is 24.0 Å². The number of thioether (sulfide) groups is 1. The number of carbonyl (C=O) groups excluding carboxylic acids is 2. The van der Waals surface area contributed by atoms with Crippen LogP contribution in [0.25, 0.3) is 0 Å². The van der Waals surface area contributed by atoms with E-state index in [0.717, 1.165) is 42.8 Å². The van der Waals surface area contributed by atoms with Gasteiger partial charge in [-0.1, -0.05) is 32.4 Å². The molecule has 11 heteroatoms. The smallest absolute Gasteiger partial charge is 0.550 e. The number of thiol groups is 1. The summed E-state index contributed by atoms with van der Waals surface area (Å²) in [7, 11) is 0. The Kier molecular flexibility index (Phi) is 19.9. The van der Waals surface area contributed by atoms with Crippen molar-refractivity contribution in [3.63, 3.8) is 0 Å². The van der Waals surface area contributed by atoms with Crippen molar-refractivity contribution in [1.29, 1.82) is 0 Å². The van der Waals surface area contributed by atoms with Gasteiger partial charge in [0, 0.05) is 17.8 Å². The van der Waals surface area contributed by atoms with Crippen molar-refractivity contribution < 1.29 is 57.7 Å². The van der Waals surface area contributed by atoms with Gasteiger partial charge in [0.15, 0.2) is 5.12 Å². The van der Waals surface area contributed by atoms with Crippen molar-refractivity contribution in [1.82, 2.24) is 0 Å². The van der Waals surface area contributed by atoms with E-state index in [9.17, 15) is 28.7 Å². The molecule has 1 saturated heterocycles. The van der Waals surface area contributed by atoms with Crippen LogP contribution in [0.2, 0.25) is 0 Å². The SMILES string of the molecule is C=C1CC(C(=O)O)C1.CCCC(C)C(=O)S.O=C(O)C1CC(F)C1.O=C([O-])C1CCSCC1.[Li+]. The van der Waals surface area contributed by atoms with Gasteiger partial charge in [0.2, 0.25) is 0 Å². The maximum absolute atomic E-state index is 11.9. The van der Waals surface area contributed by atoms with Crippen LogP contribution in [0.15, 0.2) is 12.2 Å².